The minimum Gasteiger partial charge on any atom is -0.487 e. The molecule has 0 heterocycles. The SMILES string of the molecule is CCCCOCCO[C@H]1c2cc(C(C)C)c(OC(C)=O)cc2[C@@]2(C)CCCC(C)(C)[C@@H]2[C@H]1Oc1cc2c(cc1C(C)C)C=C[C@H]1C(C)(C)CCC[C@]21C. The first-order chi connectivity index (χ1) is 24.9. The van der Waals surface area contributed by atoms with Crippen LogP contribution in [0.15, 0.2) is 30.3 Å². The molecule has 2 saturated carbocycles. The number of unbranched alkanes of at least 4 members (excludes halogenated alkanes) is 1. The number of benzene rings is 2. The number of fused-ring (bicyclic) bond motifs is 6. The molecule has 292 valence electrons. The zero-order valence-electron chi connectivity index (χ0n) is 35.2. The monoisotopic (exact) mass is 727 g/mol. The van der Waals surface area contributed by atoms with Crippen molar-refractivity contribution in [2.75, 3.05) is 19.8 Å². The molecule has 0 aromatic heterocycles. The standard InChI is InChI=1S/C48H70O5/c1-13-14-23-50-24-25-51-42-36-27-35(31(4)5)39(52-32(6)49)29-38(36)48(12)22-16-20-46(9,10)44(48)43(42)53-40-28-37-33(26-34(40)30(2)3)17-18-41-45(7,8)19-15-21-47(37,41)11/h17-18,26-31,41-44H,13-16,19-25H2,1-12H3/t41-,42-,43-,44-,47+,48+/m0/s1. The fourth-order valence-electron chi connectivity index (χ4n) is 11.5. The van der Waals surface area contributed by atoms with E-state index in [0.29, 0.717) is 30.8 Å². The van der Waals surface area contributed by atoms with Crippen molar-refractivity contribution in [3.05, 3.63) is 63.7 Å². The maximum atomic E-state index is 12.4. The fourth-order valence-corrected chi connectivity index (χ4v) is 11.5. The maximum Gasteiger partial charge on any atom is 0.308 e. The van der Waals surface area contributed by atoms with Gasteiger partial charge in [-0.2, -0.15) is 0 Å². The molecule has 2 aromatic rings. The van der Waals surface area contributed by atoms with Crippen LogP contribution in [0.25, 0.3) is 6.08 Å². The van der Waals surface area contributed by atoms with E-state index in [-0.39, 0.29) is 51.7 Å². The summed E-state index contributed by atoms with van der Waals surface area (Å²) in [5, 5.41) is 0. The van der Waals surface area contributed by atoms with Crippen LogP contribution in [0, 0.1) is 22.7 Å². The van der Waals surface area contributed by atoms with Crippen molar-refractivity contribution in [3.8, 4) is 11.5 Å². The molecule has 6 atom stereocenters. The van der Waals surface area contributed by atoms with E-state index in [1.165, 1.54) is 54.0 Å². The summed E-state index contributed by atoms with van der Waals surface area (Å²) in [6, 6.07) is 9.38. The van der Waals surface area contributed by atoms with Crippen LogP contribution in [-0.4, -0.2) is 31.9 Å². The lowest BCUT2D eigenvalue weighted by atomic mass is 9.48. The van der Waals surface area contributed by atoms with Gasteiger partial charge in [-0.25, -0.2) is 0 Å². The van der Waals surface area contributed by atoms with E-state index < -0.39 is 0 Å². The summed E-state index contributed by atoms with van der Waals surface area (Å²) in [5.74, 6) is 2.51. The summed E-state index contributed by atoms with van der Waals surface area (Å²) in [4.78, 5) is 12.4. The average Bonchev–Trinajstić information content (AvgIpc) is 3.06. The molecule has 0 spiro atoms. The van der Waals surface area contributed by atoms with Gasteiger partial charge in [0.1, 0.15) is 23.7 Å². The van der Waals surface area contributed by atoms with Crippen molar-refractivity contribution in [2.45, 2.75) is 169 Å². The second kappa shape index (κ2) is 15.1. The highest BCUT2D eigenvalue weighted by atomic mass is 16.6. The number of carbonyl (C=O) groups excluding carboxylic acids is 1. The molecule has 0 amide bonds. The van der Waals surface area contributed by atoms with Crippen LogP contribution in [0.4, 0.5) is 0 Å². The Morgan fingerprint density at radius 1 is 0.774 bits per heavy atom. The molecule has 5 heteroatoms. The summed E-state index contributed by atoms with van der Waals surface area (Å²) in [5.41, 5.74) is 7.58. The van der Waals surface area contributed by atoms with Crippen molar-refractivity contribution in [2.24, 2.45) is 22.7 Å². The van der Waals surface area contributed by atoms with Crippen molar-refractivity contribution in [1.29, 1.82) is 0 Å². The summed E-state index contributed by atoms with van der Waals surface area (Å²) >= 11 is 0. The average molecular weight is 727 g/mol. The molecule has 5 nitrogen and oxygen atoms in total. The number of esters is 1. The number of hydrogen-bond donors (Lipinski definition) is 0. The predicted octanol–water partition coefficient (Wildman–Crippen LogP) is 12.4. The lowest BCUT2D eigenvalue weighted by Gasteiger charge is -2.58. The van der Waals surface area contributed by atoms with Crippen LogP contribution >= 0.6 is 0 Å². The minimum absolute atomic E-state index is 0.0215. The van der Waals surface area contributed by atoms with E-state index in [1.54, 1.807) is 0 Å². The van der Waals surface area contributed by atoms with Crippen LogP contribution in [0.5, 0.6) is 11.5 Å². The highest BCUT2D eigenvalue weighted by Crippen LogP contribution is 2.62. The molecule has 4 aliphatic carbocycles. The number of ether oxygens (including phenoxy) is 4. The van der Waals surface area contributed by atoms with Gasteiger partial charge in [0.15, 0.2) is 0 Å². The van der Waals surface area contributed by atoms with Crippen LogP contribution in [-0.2, 0) is 25.1 Å². The quantitative estimate of drug-likeness (QED) is 0.124. The predicted molar refractivity (Wildman–Crippen MR) is 217 cm³/mol. The zero-order valence-corrected chi connectivity index (χ0v) is 35.2. The Balaban J connectivity index is 1.53. The second-order valence-corrected chi connectivity index (χ2v) is 19.5. The van der Waals surface area contributed by atoms with Gasteiger partial charge in [0.25, 0.3) is 0 Å². The van der Waals surface area contributed by atoms with Crippen LogP contribution < -0.4 is 9.47 Å². The Morgan fingerprint density at radius 3 is 2.08 bits per heavy atom. The van der Waals surface area contributed by atoms with Gasteiger partial charge in [-0.3, -0.25) is 4.79 Å². The van der Waals surface area contributed by atoms with Crippen molar-refractivity contribution in [3.63, 3.8) is 0 Å². The Hall–Kier alpha value is -2.63. The Kier molecular flexibility index (Phi) is 11.4. The van der Waals surface area contributed by atoms with Crippen LogP contribution in [0.2, 0.25) is 0 Å². The van der Waals surface area contributed by atoms with Gasteiger partial charge < -0.3 is 18.9 Å². The van der Waals surface area contributed by atoms with E-state index in [4.69, 9.17) is 18.9 Å². The van der Waals surface area contributed by atoms with Crippen molar-refractivity contribution >= 4 is 12.0 Å². The second-order valence-electron chi connectivity index (χ2n) is 19.5. The number of carbonyl (C=O) groups is 1. The molecule has 4 aliphatic rings. The van der Waals surface area contributed by atoms with E-state index in [9.17, 15) is 4.79 Å². The van der Waals surface area contributed by atoms with E-state index >= 15 is 0 Å². The molecular weight excluding hydrogens is 657 g/mol. The van der Waals surface area contributed by atoms with E-state index in [2.05, 4.69) is 113 Å². The van der Waals surface area contributed by atoms with Gasteiger partial charge >= 0.3 is 5.97 Å². The molecule has 0 unspecified atom stereocenters. The lowest BCUT2D eigenvalue weighted by Crippen LogP contribution is -2.58. The molecule has 6 rings (SSSR count). The number of hydrogen-bond acceptors (Lipinski definition) is 5. The Bertz CT molecular complexity index is 1680. The lowest BCUT2D eigenvalue weighted by molar-refractivity contribution is -0.132. The van der Waals surface area contributed by atoms with Crippen molar-refractivity contribution < 1.29 is 23.7 Å². The highest BCUT2D eigenvalue weighted by Gasteiger charge is 2.59. The van der Waals surface area contributed by atoms with Gasteiger partial charge in [0.2, 0.25) is 0 Å². The first kappa shape index (κ1) is 40.0. The van der Waals surface area contributed by atoms with Gasteiger partial charge in [0.05, 0.1) is 13.2 Å². The topological polar surface area (TPSA) is 54.0 Å². The maximum absolute atomic E-state index is 12.4. The van der Waals surface area contributed by atoms with Crippen LogP contribution in [0.3, 0.4) is 0 Å². The number of rotatable bonds is 12. The normalized spacial score (nSPS) is 29.6. The Morgan fingerprint density at radius 2 is 1.42 bits per heavy atom. The molecule has 0 aliphatic heterocycles. The highest BCUT2D eigenvalue weighted by molar-refractivity contribution is 5.70. The third-order valence-electron chi connectivity index (χ3n) is 14.0. The first-order valence-corrected chi connectivity index (χ1v) is 21.0. The van der Waals surface area contributed by atoms with Gasteiger partial charge in [0, 0.05) is 19.4 Å². The van der Waals surface area contributed by atoms with Gasteiger partial charge in [-0.1, -0.05) is 108 Å². The molecule has 2 aromatic carbocycles. The summed E-state index contributed by atoms with van der Waals surface area (Å²) in [6.07, 6.45) is 13.5. The first-order valence-electron chi connectivity index (χ1n) is 21.0. The molecular formula is C48H70O5. The summed E-state index contributed by atoms with van der Waals surface area (Å²) in [7, 11) is 0. The Labute approximate surface area is 322 Å². The van der Waals surface area contributed by atoms with E-state index in [0.717, 1.165) is 50.0 Å². The minimum atomic E-state index is -0.313. The summed E-state index contributed by atoms with van der Waals surface area (Å²) in [6.45, 7) is 29.2. The summed E-state index contributed by atoms with van der Waals surface area (Å²) < 4.78 is 26.9. The van der Waals surface area contributed by atoms with Gasteiger partial charge in [-0.05, 0) is 129 Å². The molecule has 2 fully saturated rings. The van der Waals surface area contributed by atoms with E-state index in [1.807, 2.05) is 0 Å². The largest absolute Gasteiger partial charge is 0.487 e. The molecule has 0 saturated heterocycles. The number of allylic oxidation sites excluding steroid dienone is 1. The third kappa shape index (κ3) is 7.40. The zero-order chi connectivity index (χ0) is 38.5. The van der Waals surface area contributed by atoms with Crippen molar-refractivity contribution in [1.82, 2.24) is 0 Å². The molecule has 0 radical (unpaired) electrons. The third-order valence-corrected chi connectivity index (χ3v) is 14.0. The molecule has 53 heavy (non-hydrogen) atoms. The smallest absolute Gasteiger partial charge is 0.308 e. The molecule has 0 N–H and O–H groups in total. The van der Waals surface area contributed by atoms with Gasteiger partial charge in [-0.15, -0.1) is 0 Å². The fraction of sp³-hybridized carbons (Fsp3) is 0.688. The molecule has 0 bridgehead atoms. The van der Waals surface area contributed by atoms with Crippen LogP contribution in [0.1, 0.15) is 186 Å².